The zero-order chi connectivity index (χ0) is 11.4. The quantitative estimate of drug-likeness (QED) is 0.859. The van der Waals surface area contributed by atoms with Crippen LogP contribution in [0.3, 0.4) is 0 Å². The van der Waals surface area contributed by atoms with Gasteiger partial charge in [0.05, 0.1) is 5.00 Å². The molecule has 2 rings (SSSR count). The van der Waals surface area contributed by atoms with Gasteiger partial charge in [0.1, 0.15) is 10.9 Å². The topological polar surface area (TPSA) is 52.9 Å². The molecule has 3 nitrogen and oxygen atoms in total. The molecule has 16 heavy (non-hydrogen) atoms. The van der Waals surface area contributed by atoms with Crippen LogP contribution in [0.4, 0.5) is 5.00 Å². The number of thiophene rings is 1. The second-order valence-corrected chi connectivity index (χ2v) is 4.18. The van der Waals surface area contributed by atoms with Gasteiger partial charge in [-0.25, -0.2) is 0 Å². The summed E-state index contributed by atoms with van der Waals surface area (Å²) < 4.78 is 0. The zero-order valence-corrected chi connectivity index (χ0v) is 9.12. The minimum atomic E-state index is -0.160. The highest BCUT2D eigenvalue weighted by Crippen LogP contribution is 2.21. The SMILES string of the molecule is N#Cc1ccc(NC(=O)c2ccccc2)s1. The van der Waals surface area contributed by atoms with Crippen molar-refractivity contribution in [2.45, 2.75) is 0 Å². The van der Waals surface area contributed by atoms with E-state index in [9.17, 15) is 4.79 Å². The molecule has 1 aromatic carbocycles. The predicted octanol–water partition coefficient (Wildman–Crippen LogP) is 2.87. The van der Waals surface area contributed by atoms with E-state index in [4.69, 9.17) is 5.26 Å². The van der Waals surface area contributed by atoms with Gasteiger partial charge in [0.15, 0.2) is 0 Å². The maximum Gasteiger partial charge on any atom is 0.256 e. The van der Waals surface area contributed by atoms with E-state index in [0.29, 0.717) is 15.4 Å². The second kappa shape index (κ2) is 4.60. The smallest absolute Gasteiger partial charge is 0.256 e. The molecule has 0 bridgehead atoms. The van der Waals surface area contributed by atoms with E-state index in [1.54, 1.807) is 24.3 Å². The Bertz CT molecular complexity index is 540. The Balaban J connectivity index is 2.11. The summed E-state index contributed by atoms with van der Waals surface area (Å²) in [5.74, 6) is -0.160. The van der Waals surface area contributed by atoms with Gasteiger partial charge in [0.25, 0.3) is 5.91 Å². The van der Waals surface area contributed by atoms with Crippen LogP contribution in [0.1, 0.15) is 15.2 Å². The number of carbonyl (C=O) groups excluding carboxylic acids is 1. The number of amides is 1. The van der Waals surface area contributed by atoms with Crippen LogP contribution < -0.4 is 5.32 Å². The molecule has 0 saturated heterocycles. The maximum absolute atomic E-state index is 11.7. The molecule has 78 valence electrons. The Morgan fingerprint density at radius 2 is 1.94 bits per heavy atom. The Labute approximate surface area is 97.0 Å². The third-order valence-electron chi connectivity index (χ3n) is 1.99. The highest BCUT2D eigenvalue weighted by Gasteiger charge is 2.06. The maximum atomic E-state index is 11.7. The molecule has 1 N–H and O–H groups in total. The van der Waals surface area contributed by atoms with Crippen molar-refractivity contribution in [2.24, 2.45) is 0 Å². The molecule has 4 heteroatoms. The molecular formula is C12H8N2OS. The fraction of sp³-hybridized carbons (Fsp3) is 0. The van der Waals surface area contributed by atoms with Crippen molar-refractivity contribution in [2.75, 3.05) is 5.32 Å². The van der Waals surface area contributed by atoms with Crippen molar-refractivity contribution < 1.29 is 4.79 Å². The minimum Gasteiger partial charge on any atom is -0.314 e. The lowest BCUT2D eigenvalue weighted by Crippen LogP contribution is -2.10. The lowest BCUT2D eigenvalue weighted by atomic mass is 10.2. The van der Waals surface area contributed by atoms with Crippen molar-refractivity contribution in [3.8, 4) is 6.07 Å². The molecule has 0 fully saturated rings. The molecule has 0 saturated carbocycles. The van der Waals surface area contributed by atoms with Crippen LogP contribution in [0.2, 0.25) is 0 Å². The molecule has 0 unspecified atom stereocenters. The Morgan fingerprint density at radius 3 is 2.56 bits per heavy atom. The van der Waals surface area contributed by atoms with Crippen LogP contribution in [0.15, 0.2) is 42.5 Å². The van der Waals surface area contributed by atoms with Crippen LogP contribution in [-0.2, 0) is 0 Å². The molecular weight excluding hydrogens is 220 g/mol. The third-order valence-corrected chi connectivity index (χ3v) is 2.89. The highest BCUT2D eigenvalue weighted by atomic mass is 32.1. The number of carbonyl (C=O) groups is 1. The molecule has 0 atom stereocenters. The molecule has 0 spiro atoms. The molecule has 0 aliphatic heterocycles. The van der Waals surface area contributed by atoms with E-state index in [0.717, 1.165) is 0 Å². The number of nitriles is 1. The van der Waals surface area contributed by atoms with E-state index in [1.165, 1.54) is 11.3 Å². The molecule has 1 heterocycles. The van der Waals surface area contributed by atoms with Crippen molar-refractivity contribution in [1.29, 1.82) is 5.26 Å². The van der Waals surface area contributed by atoms with E-state index in [-0.39, 0.29) is 5.91 Å². The first-order chi connectivity index (χ1) is 7.79. The first kappa shape index (κ1) is 10.4. The summed E-state index contributed by atoms with van der Waals surface area (Å²) in [5, 5.41) is 12.1. The normalized spacial score (nSPS) is 9.44. The number of hydrogen-bond acceptors (Lipinski definition) is 3. The van der Waals surface area contributed by atoms with Crippen molar-refractivity contribution in [3.63, 3.8) is 0 Å². The average Bonchev–Trinajstić information content (AvgIpc) is 2.78. The van der Waals surface area contributed by atoms with E-state index < -0.39 is 0 Å². The first-order valence-electron chi connectivity index (χ1n) is 4.66. The predicted molar refractivity (Wildman–Crippen MR) is 63.4 cm³/mol. The number of nitrogens with zero attached hydrogens (tertiary/aromatic N) is 1. The third kappa shape index (κ3) is 2.27. The highest BCUT2D eigenvalue weighted by molar-refractivity contribution is 7.16. The van der Waals surface area contributed by atoms with Crippen LogP contribution in [0, 0.1) is 11.3 Å². The zero-order valence-electron chi connectivity index (χ0n) is 8.31. The van der Waals surface area contributed by atoms with Crippen molar-refractivity contribution in [1.82, 2.24) is 0 Å². The van der Waals surface area contributed by atoms with E-state index in [2.05, 4.69) is 5.32 Å². The number of anilines is 1. The lowest BCUT2D eigenvalue weighted by Gasteiger charge is -2.01. The number of benzene rings is 1. The fourth-order valence-corrected chi connectivity index (χ4v) is 1.94. The first-order valence-corrected chi connectivity index (χ1v) is 5.47. The van der Waals surface area contributed by atoms with Crippen molar-refractivity contribution >= 4 is 22.2 Å². The second-order valence-electron chi connectivity index (χ2n) is 3.10. The number of nitrogens with one attached hydrogen (secondary N) is 1. The molecule has 2 aromatic rings. The van der Waals surface area contributed by atoms with Gasteiger partial charge in [-0.3, -0.25) is 4.79 Å². The van der Waals surface area contributed by atoms with Crippen LogP contribution in [-0.4, -0.2) is 5.91 Å². The minimum absolute atomic E-state index is 0.160. The Morgan fingerprint density at radius 1 is 1.19 bits per heavy atom. The Hall–Kier alpha value is -2.12. The summed E-state index contributed by atoms with van der Waals surface area (Å²) in [6.45, 7) is 0. The Kier molecular flexibility index (Phi) is 2.99. The molecule has 0 radical (unpaired) electrons. The van der Waals surface area contributed by atoms with Crippen LogP contribution in [0.5, 0.6) is 0 Å². The summed E-state index contributed by atoms with van der Waals surface area (Å²) in [4.78, 5) is 12.3. The number of hydrogen-bond donors (Lipinski definition) is 1. The van der Waals surface area contributed by atoms with Gasteiger partial charge >= 0.3 is 0 Å². The standard InChI is InChI=1S/C12H8N2OS/c13-8-10-6-7-11(16-10)14-12(15)9-4-2-1-3-5-9/h1-7H,(H,14,15). The average molecular weight is 228 g/mol. The lowest BCUT2D eigenvalue weighted by molar-refractivity contribution is 0.102. The van der Waals surface area contributed by atoms with Gasteiger partial charge in [0.2, 0.25) is 0 Å². The van der Waals surface area contributed by atoms with E-state index >= 15 is 0 Å². The van der Waals surface area contributed by atoms with Crippen LogP contribution >= 0.6 is 11.3 Å². The summed E-state index contributed by atoms with van der Waals surface area (Å²) in [7, 11) is 0. The van der Waals surface area contributed by atoms with Crippen LogP contribution in [0.25, 0.3) is 0 Å². The van der Waals surface area contributed by atoms with Gasteiger partial charge in [-0.2, -0.15) is 5.26 Å². The summed E-state index contributed by atoms with van der Waals surface area (Å²) in [5.41, 5.74) is 0.606. The largest absolute Gasteiger partial charge is 0.314 e. The summed E-state index contributed by atoms with van der Waals surface area (Å²) in [6.07, 6.45) is 0. The molecule has 0 aliphatic rings. The summed E-state index contributed by atoms with van der Waals surface area (Å²) in [6, 6.07) is 14.4. The van der Waals surface area contributed by atoms with Gasteiger partial charge < -0.3 is 5.32 Å². The molecule has 0 aliphatic carbocycles. The van der Waals surface area contributed by atoms with Gasteiger partial charge in [-0.15, -0.1) is 11.3 Å². The summed E-state index contributed by atoms with van der Waals surface area (Å²) >= 11 is 1.26. The monoisotopic (exact) mass is 228 g/mol. The molecule has 1 amide bonds. The van der Waals surface area contributed by atoms with Crippen molar-refractivity contribution in [3.05, 3.63) is 52.9 Å². The van der Waals surface area contributed by atoms with E-state index in [1.807, 2.05) is 24.3 Å². The van der Waals surface area contributed by atoms with Gasteiger partial charge in [-0.1, -0.05) is 18.2 Å². The van der Waals surface area contributed by atoms with Gasteiger partial charge in [0, 0.05) is 5.56 Å². The molecule has 1 aromatic heterocycles. The van der Waals surface area contributed by atoms with Gasteiger partial charge in [-0.05, 0) is 24.3 Å². The number of rotatable bonds is 2. The fourth-order valence-electron chi connectivity index (χ4n) is 1.24.